The fraction of sp³-hybridized carbons (Fsp3) is 0.533. The third-order valence-corrected chi connectivity index (χ3v) is 3.90. The highest BCUT2D eigenvalue weighted by atomic mass is 16.7. The second kappa shape index (κ2) is 6.17. The van der Waals surface area contributed by atoms with Crippen LogP contribution < -0.4 is 5.73 Å². The molecule has 1 aromatic carbocycles. The fourth-order valence-corrected chi connectivity index (χ4v) is 2.69. The predicted molar refractivity (Wildman–Crippen MR) is 74.7 cm³/mol. The Bertz CT molecular complexity index is 430. The van der Waals surface area contributed by atoms with Crippen LogP contribution in [0, 0.1) is 0 Å². The van der Waals surface area contributed by atoms with Crippen LogP contribution in [-0.4, -0.2) is 31.2 Å². The van der Waals surface area contributed by atoms with E-state index in [1.807, 2.05) is 24.3 Å². The number of hydrogen-bond donors (Lipinski definition) is 1. The smallest absolute Gasteiger partial charge is 0.277 e. The highest BCUT2D eigenvalue weighted by Crippen LogP contribution is 2.32. The number of nitrogens with zero attached hydrogens (tertiary/aromatic N) is 1. The van der Waals surface area contributed by atoms with E-state index in [2.05, 4.69) is 0 Å². The number of hydrogen-bond acceptors (Lipinski definition) is 3. The van der Waals surface area contributed by atoms with Crippen molar-refractivity contribution in [2.45, 2.75) is 37.6 Å². The summed E-state index contributed by atoms with van der Waals surface area (Å²) in [7, 11) is 3.09. The normalized spacial score (nSPS) is 23.1. The molecule has 0 spiro atoms. The first kappa shape index (κ1) is 14.0. The molecule has 0 aromatic heterocycles. The Balaban J connectivity index is 2.07. The van der Waals surface area contributed by atoms with E-state index >= 15 is 0 Å². The van der Waals surface area contributed by atoms with Gasteiger partial charge in [0, 0.05) is 18.7 Å². The molecule has 1 aliphatic rings. The molecule has 2 unspecified atom stereocenters. The second-order valence-electron chi connectivity index (χ2n) is 5.23. The zero-order chi connectivity index (χ0) is 13.8. The largest absolute Gasteiger partial charge is 0.328 e. The van der Waals surface area contributed by atoms with E-state index in [4.69, 9.17) is 10.6 Å². The number of amides is 1. The van der Waals surface area contributed by atoms with Crippen molar-refractivity contribution in [3.8, 4) is 0 Å². The molecule has 0 aliphatic heterocycles. The monoisotopic (exact) mass is 262 g/mol. The first-order valence-corrected chi connectivity index (χ1v) is 6.79. The number of rotatable bonds is 3. The van der Waals surface area contributed by atoms with Crippen LogP contribution in [0.3, 0.4) is 0 Å². The Hall–Kier alpha value is -1.39. The Labute approximate surface area is 114 Å². The average molecular weight is 262 g/mol. The van der Waals surface area contributed by atoms with Gasteiger partial charge in [-0.15, -0.1) is 0 Å². The molecule has 4 nitrogen and oxygen atoms in total. The lowest BCUT2D eigenvalue weighted by molar-refractivity contribution is -0.0757. The zero-order valence-corrected chi connectivity index (χ0v) is 11.6. The van der Waals surface area contributed by atoms with Crippen LogP contribution in [0.5, 0.6) is 0 Å². The van der Waals surface area contributed by atoms with Crippen LogP contribution in [0.15, 0.2) is 24.3 Å². The molecule has 1 aromatic rings. The zero-order valence-electron chi connectivity index (χ0n) is 11.6. The van der Waals surface area contributed by atoms with Crippen LogP contribution in [0.25, 0.3) is 0 Å². The quantitative estimate of drug-likeness (QED) is 0.850. The summed E-state index contributed by atoms with van der Waals surface area (Å²) in [5, 5.41) is 1.23. The lowest BCUT2D eigenvalue weighted by atomic mass is 9.81. The maximum atomic E-state index is 11.9. The number of benzene rings is 1. The van der Waals surface area contributed by atoms with Gasteiger partial charge in [-0.3, -0.25) is 9.63 Å². The highest BCUT2D eigenvalue weighted by molar-refractivity contribution is 5.93. The van der Waals surface area contributed by atoms with E-state index < -0.39 is 0 Å². The first-order chi connectivity index (χ1) is 9.11. The van der Waals surface area contributed by atoms with Crippen molar-refractivity contribution in [3.05, 3.63) is 35.4 Å². The van der Waals surface area contributed by atoms with Gasteiger partial charge in [0.15, 0.2) is 0 Å². The summed E-state index contributed by atoms with van der Waals surface area (Å²) < 4.78 is 0. The van der Waals surface area contributed by atoms with Gasteiger partial charge in [0.1, 0.15) is 0 Å². The summed E-state index contributed by atoms with van der Waals surface area (Å²) >= 11 is 0. The summed E-state index contributed by atoms with van der Waals surface area (Å²) in [6.07, 6.45) is 4.56. The first-order valence-electron chi connectivity index (χ1n) is 6.79. The molecule has 0 saturated heterocycles. The molecule has 1 aliphatic carbocycles. The van der Waals surface area contributed by atoms with Crippen LogP contribution in [0.4, 0.5) is 0 Å². The fourth-order valence-electron chi connectivity index (χ4n) is 2.69. The minimum Gasteiger partial charge on any atom is -0.328 e. The van der Waals surface area contributed by atoms with E-state index in [1.165, 1.54) is 30.6 Å². The molecule has 1 fully saturated rings. The van der Waals surface area contributed by atoms with E-state index in [-0.39, 0.29) is 5.91 Å². The molecule has 4 heteroatoms. The number of carbonyl (C=O) groups excluding carboxylic acids is 1. The lowest BCUT2D eigenvalue weighted by Gasteiger charge is -2.27. The third-order valence-electron chi connectivity index (χ3n) is 3.90. The Morgan fingerprint density at radius 2 is 2.00 bits per heavy atom. The average Bonchev–Trinajstić information content (AvgIpc) is 2.46. The maximum Gasteiger partial charge on any atom is 0.277 e. The summed E-state index contributed by atoms with van der Waals surface area (Å²) in [6.45, 7) is 0. The molecule has 0 radical (unpaired) electrons. The van der Waals surface area contributed by atoms with Crippen molar-refractivity contribution in [3.63, 3.8) is 0 Å². The van der Waals surface area contributed by atoms with Gasteiger partial charge in [0.25, 0.3) is 5.91 Å². The van der Waals surface area contributed by atoms with Gasteiger partial charge in [-0.1, -0.05) is 18.6 Å². The van der Waals surface area contributed by atoms with Crippen molar-refractivity contribution >= 4 is 5.91 Å². The molecule has 104 valence electrons. The number of nitrogens with two attached hydrogens (primary N) is 1. The third kappa shape index (κ3) is 3.33. The Kier molecular flexibility index (Phi) is 4.56. The van der Waals surface area contributed by atoms with E-state index in [9.17, 15) is 4.79 Å². The van der Waals surface area contributed by atoms with Crippen LogP contribution in [0.2, 0.25) is 0 Å². The molecule has 2 rings (SSSR count). The molecule has 1 saturated carbocycles. The van der Waals surface area contributed by atoms with Crippen LogP contribution >= 0.6 is 0 Å². The molecule has 2 atom stereocenters. The van der Waals surface area contributed by atoms with Gasteiger partial charge < -0.3 is 5.73 Å². The molecular weight excluding hydrogens is 240 g/mol. The Morgan fingerprint density at radius 1 is 1.32 bits per heavy atom. The summed E-state index contributed by atoms with van der Waals surface area (Å²) in [5.74, 6) is 0.405. The number of carbonyl (C=O) groups is 1. The minimum absolute atomic E-state index is 0.130. The minimum atomic E-state index is -0.130. The maximum absolute atomic E-state index is 11.9. The van der Waals surface area contributed by atoms with Gasteiger partial charge in [-0.25, -0.2) is 5.06 Å². The molecule has 0 heterocycles. The van der Waals surface area contributed by atoms with Gasteiger partial charge >= 0.3 is 0 Å². The van der Waals surface area contributed by atoms with Crippen molar-refractivity contribution in [1.82, 2.24) is 5.06 Å². The van der Waals surface area contributed by atoms with Gasteiger partial charge in [-0.05, 0) is 42.9 Å². The molecule has 0 bridgehead atoms. The lowest BCUT2D eigenvalue weighted by Crippen LogP contribution is -2.27. The number of hydroxylamine groups is 2. The SMILES string of the molecule is CON(C)C(=O)c1ccc(C2CCCC(N)C2)cc1. The van der Waals surface area contributed by atoms with Crippen molar-refractivity contribution < 1.29 is 9.63 Å². The molecular formula is C15H22N2O2. The van der Waals surface area contributed by atoms with Crippen molar-refractivity contribution in [2.24, 2.45) is 5.73 Å². The highest BCUT2D eigenvalue weighted by Gasteiger charge is 2.21. The van der Waals surface area contributed by atoms with Crippen LogP contribution in [0.1, 0.15) is 47.5 Å². The van der Waals surface area contributed by atoms with Crippen molar-refractivity contribution in [1.29, 1.82) is 0 Å². The molecule has 19 heavy (non-hydrogen) atoms. The Morgan fingerprint density at radius 3 is 2.58 bits per heavy atom. The summed E-state index contributed by atoms with van der Waals surface area (Å²) in [5.41, 5.74) is 7.95. The van der Waals surface area contributed by atoms with Crippen molar-refractivity contribution in [2.75, 3.05) is 14.2 Å². The van der Waals surface area contributed by atoms with Gasteiger partial charge in [-0.2, -0.15) is 0 Å². The van der Waals surface area contributed by atoms with E-state index in [1.54, 1.807) is 7.05 Å². The second-order valence-corrected chi connectivity index (χ2v) is 5.23. The molecule has 1 amide bonds. The van der Waals surface area contributed by atoms with E-state index in [0.717, 1.165) is 12.8 Å². The topological polar surface area (TPSA) is 55.6 Å². The van der Waals surface area contributed by atoms with Gasteiger partial charge in [0.2, 0.25) is 0 Å². The summed E-state index contributed by atoms with van der Waals surface area (Å²) in [6, 6.07) is 8.14. The summed E-state index contributed by atoms with van der Waals surface area (Å²) in [4.78, 5) is 16.8. The van der Waals surface area contributed by atoms with E-state index in [0.29, 0.717) is 17.5 Å². The van der Waals surface area contributed by atoms with Gasteiger partial charge in [0.05, 0.1) is 7.11 Å². The van der Waals surface area contributed by atoms with Crippen LogP contribution in [-0.2, 0) is 4.84 Å². The molecule has 2 N–H and O–H groups in total. The standard InChI is InChI=1S/C15H22N2O2/c1-17(19-2)15(18)12-8-6-11(7-9-12)13-4-3-5-14(16)10-13/h6-9,13-14H,3-5,10,16H2,1-2H3. The predicted octanol–water partition coefficient (Wildman–Crippen LogP) is 2.30.